The number of amides is 2. The van der Waals surface area contributed by atoms with Gasteiger partial charge in [-0.1, -0.05) is 24.3 Å². The van der Waals surface area contributed by atoms with E-state index in [2.05, 4.69) is 39.4 Å². The Kier molecular flexibility index (Phi) is 7.98. The van der Waals surface area contributed by atoms with E-state index in [1.54, 1.807) is 18.2 Å². The Balaban J connectivity index is 1.48. The minimum atomic E-state index is -1.27. The van der Waals surface area contributed by atoms with Crippen molar-refractivity contribution in [3.8, 4) is 0 Å². The molecule has 4 N–H and O–H groups in total. The van der Waals surface area contributed by atoms with E-state index in [1.165, 1.54) is 11.9 Å². The zero-order chi connectivity index (χ0) is 21.5. The second-order valence-electron chi connectivity index (χ2n) is 7.52. The average Bonchev–Trinajstić information content (AvgIpc) is 2.74. The number of benzene rings is 2. The molecule has 0 aliphatic carbocycles. The van der Waals surface area contributed by atoms with Crippen LogP contribution in [0.5, 0.6) is 0 Å². The lowest BCUT2D eigenvalue weighted by Gasteiger charge is -2.36. The van der Waals surface area contributed by atoms with Gasteiger partial charge in [-0.05, 0) is 60.4 Å². The van der Waals surface area contributed by atoms with Crippen LogP contribution in [0.3, 0.4) is 0 Å². The monoisotopic (exact) mass is 430 g/mol. The molecule has 0 saturated carbocycles. The maximum Gasteiger partial charge on any atom is 0.316 e. The van der Waals surface area contributed by atoms with Gasteiger partial charge in [0.15, 0.2) is 4.90 Å². The maximum absolute atomic E-state index is 11.8. The molecule has 2 unspecified atom stereocenters. The molecule has 2 aromatic carbocycles. The molecule has 0 spiro atoms. The molecule has 7 nitrogen and oxygen atoms in total. The first-order valence-corrected chi connectivity index (χ1v) is 11.7. The summed E-state index contributed by atoms with van der Waals surface area (Å²) in [7, 11) is 0. The fourth-order valence-electron chi connectivity index (χ4n) is 3.78. The molecule has 1 aliphatic heterocycles. The summed E-state index contributed by atoms with van der Waals surface area (Å²) in [6, 6.07) is 14.8. The number of hydrogen-bond donors (Lipinski definition) is 3. The standard InChI is InChI=1S/C22H30N4O3S/c1-30(29)21-10-9-17(16-19(21)24-22(23)28)20(27)8-5-11-25-12-14-26(15-13-25)18-6-3-2-4-7-18/h2-4,6-7,9-10,16,20,27H,5,8,11-15H2,1H3,(H3,23,24,28). The van der Waals surface area contributed by atoms with Gasteiger partial charge >= 0.3 is 6.03 Å². The molecule has 8 heteroatoms. The van der Waals surface area contributed by atoms with Crippen molar-refractivity contribution in [1.29, 1.82) is 0 Å². The third kappa shape index (κ3) is 6.12. The fourth-order valence-corrected chi connectivity index (χ4v) is 4.46. The van der Waals surface area contributed by atoms with Crippen LogP contribution in [0.15, 0.2) is 53.4 Å². The van der Waals surface area contributed by atoms with E-state index in [0.717, 1.165) is 39.1 Å². The number of hydrogen-bond acceptors (Lipinski definition) is 5. The van der Waals surface area contributed by atoms with Gasteiger partial charge in [-0.2, -0.15) is 0 Å². The van der Waals surface area contributed by atoms with Crippen LogP contribution in [-0.4, -0.2) is 59.6 Å². The van der Waals surface area contributed by atoms with Gasteiger partial charge in [-0.3, -0.25) is 4.90 Å². The zero-order valence-electron chi connectivity index (χ0n) is 17.3. The lowest BCUT2D eigenvalue weighted by atomic mass is 10.0. The first-order valence-electron chi connectivity index (χ1n) is 10.2. The van der Waals surface area contributed by atoms with Crippen molar-refractivity contribution in [2.75, 3.05) is 49.2 Å². The van der Waals surface area contributed by atoms with Crippen LogP contribution in [-0.2, 0) is 11.2 Å². The molecule has 162 valence electrons. The number of urea groups is 1. The second-order valence-corrected chi connectivity index (χ2v) is 8.87. The smallest absolute Gasteiger partial charge is 0.316 e. The molecule has 1 saturated heterocycles. The predicted octanol–water partition coefficient (Wildman–Crippen LogP) is 2.55. The van der Waals surface area contributed by atoms with Crippen LogP contribution in [0.2, 0.25) is 0 Å². The summed E-state index contributed by atoms with van der Waals surface area (Å²) in [6.45, 7) is 4.96. The van der Waals surface area contributed by atoms with Crippen molar-refractivity contribution in [2.24, 2.45) is 5.73 Å². The van der Waals surface area contributed by atoms with Crippen LogP contribution in [0, 0.1) is 0 Å². The van der Waals surface area contributed by atoms with Gasteiger partial charge < -0.3 is 25.6 Å². The van der Waals surface area contributed by atoms with Crippen LogP contribution in [0.4, 0.5) is 16.2 Å². The van der Waals surface area contributed by atoms with Crippen molar-refractivity contribution in [3.05, 3.63) is 54.1 Å². The molecule has 2 atom stereocenters. The van der Waals surface area contributed by atoms with Crippen molar-refractivity contribution >= 4 is 28.6 Å². The predicted molar refractivity (Wildman–Crippen MR) is 121 cm³/mol. The molecule has 1 fully saturated rings. The first kappa shape index (κ1) is 22.4. The van der Waals surface area contributed by atoms with E-state index in [0.29, 0.717) is 22.6 Å². The van der Waals surface area contributed by atoms with Crippen molar-refractivity contribution in [3.63, 3.8) is 0 Å². The number of nitrogens with two attached hydrogens (primary N) is 1. The highest BCUT2D eigenvalue weighted by molar-refractivity contribution is 7.90. The minimum absolute atomic E-state index is 0.386. The topological polar surface area (TPSA) is 105 Å². The number of carbonyl (C=O) groups excluding carboxylic acids is 1. The largest absolute Gasteiger partial charge is 0.612 e. The molecule has 1 heterocycles. The number of piperazine rings is 1. The number of aliphatic hydroxyl groups excluding tert-OH is 1. The highest BCUT2D eigenvalue weighted by Crippen LogP contribution is 2.28. The summed E-state index contributed by atoms with van der Waals surface area (Å²) in [5.41, 5.74) is 7.55. The summed E-state index contributed by atoms with van der Waals surface area (Å²) in [5.74, 6) is 0. The minimum Gasteiger partial charge on any atom is -0.612 e. The summed E-state index contributed by atoms with van der Waals surface area (Å²) in [6.07, 6.45) is 2.37. The van der Waals surface area contributed by atoms with Crippen molar-refractivity contribution in [1.82, 2.24) is 4.90 Å². The molecule has 2 amide bonds. The Hall–Kier alpha value is -2.26. The highest BCUT2D eigenvalue weighted by atomic mass is 32.2. The molecule has 2 aromatic rings. The molecule has 3 rings (SSSR count). The fraction of sp³-hybridized carbons (Fsp3) is 0.409. The molecule has 0 aromatic heterocycles. The first-order chi connectivity index (χ1) is 14.4. The van der Waals surface area contributed by atoms with Crippen LogP contribution < -0.4 is 16.0 Å². The van der Waals surface area contributed by atoms with Gasteiger partial charge in [0.1, 0.15) is 6.26 Å². The number of aliphatic hydroxyl groups is 1. The maximum atomic E-state index is 11.8. The average molecular weight is 431 g/mol. The van der Waals surface area contributed by atoms with E-state index in [4.69, 9.17) is 5.73 Å². The third-order valence-corrected chi connectivity index (χ3v) is 6.38. The number of primary amides is 1. The lowest BCUT2D eigenvalue weighted by molar-refractivity contribution is 0.154. The SMILES string of the molecule is C[S+]([O-])c1ccc(C(O)CCCN2CCN(c3ccccc3)CC2)cc1NC(N)=O. The quantitative estimate of drug-likeness (QED) is 0.558. The molecule has 30 heavy (non-hydrogen) atoms. The summed E-state index contributed by atoms with van der Waals surface area (Å²) >= 11 is -1.27. The highest BCUT2D eigenvalue weighted by Gasteiger charge is 2.19. The van der Waals surface area contributed by atoms with Gasteiger partial charge in [0.25, 0.3) is 0 Å². The van der Waals surface area contributed by atoms with E-state index >= 15 is 0 Å². The number of nitrogens with zero attached hydrogens (tertiary/aromatic N) is 2. The van der Waals surface area contributed by atoms with Gasteiger partial charge in [0.05, 0.1) is 11.8 Å². The van der Waals surface area contributed by atoms with Gasteiger partial charge in [-0.15, -0.1) is 0 Å². The van der Waals surface area contributed by atoms with Crippen molar-refractivity contribution < 1.29 is 14.5 Å². The number of para-hydroxylation sites is 1. The number of carbonyl (C=O) groups is 1. The third-order valence-electron chi connectivity index (χ3n) is 5.40. The second kappa shape index (κ2) is 10.7. The summed E-state index contributed by atoms with van der Waals surface area (Å²) < 4.78 is 11.8. The Morgan fingerprint density at radius 3 is 2.53 bits per heavy atom. The Labute approximate surface area is 181 Å². The van der Waals surface area contributed by atoms with E-state index < -0.39 is 23.3 Å². The number of rotatable bonds is 8. The van der Waals surface area contributed by atoms with Crippen LogP contribution in [0.1, 0.15) is 24.5 Å². The van der Waals surface area contributed by atoms with Gasteiger partial charge in [0.2, 0.25) is 0 Å². The van der Waals surface area contributed by atoms with Gasteiger partial charge in [-0.25, -0.2) is 4.79 Å². The Morgan fingerprint density at radius 1 is 1.20 bits per heavy atom. The van der Waals surface area contributed by atoms with Crippen molar-refractivity contribution in [2.45, 2.75) is 23.8 Å². The normalized spacial score (nSPS) is 16.8. The van der Waals surface area contributed by atoms with Crippen LogP contribution in [0.25, 0.3) is 0 Å². The molecule has 0 bridgehead atoms. The molecular weight excluding hydrogens is 400 g/mol. The summed E-state index contributed by atoms with van der Waals surface area (Å²) in [4.78, 5) is 16.5. The van der Waals surface area contributed by atoms with E-state index in [1.807, 2.05) is 6.07 Å². The zero-order valence-corrected chi connectivity index (χ0v) is 18.1. The lowest BCUT2D eigenvalue weighted by Crippen LogP contribution is -2.46. The Bertz CT molecular complexity index is 826. The molecule has 0 radical (unpaired) electrons. The van der Waals surface area contributed by atoms with Crippen LogP contribution >= 0.6 is 0 Å². The number of nitrogens with one attached hydrogen (secondary N) is 1. The molecule has 1 aliphatic rings. The number of anilines is 2. The van der Waals surface area contributed by atoms with E-state index in [9.17, 15) is 14.5 Å². The molecular formula is C22H30N4O3S. The van der Waals surface area contributed by atoms with E-state index in [-0.39, 0.29) is 0 Å². The summed E-state index contributed by atoms with van der Waals surface area (Å²) in [5, 5.41) is 13.1. The Morgan fingerprint density at radius 2 is 1.90 bits per heavy atom. The van der Waals surface area contributed by atoms with Gasteiger partial charge in [0, 0.05) is 31.9 Å².